The van der Waals surface area contributed by atoms with Crippen LogP contribution in [0.15, 0.2) is 30.7 Å². The van der Waals surface area contributed by atoms with Crippen LogP contribution in [0.3, 0.4) is 0 Å². The van der Waals surface area contributed by atoms with Crippen LogP contribution in [-0.2, 0) is 6.42 Å². The molecule has 0 saturated heterocycles. The van der Waals surface area contributed by atoms with Crippen LogP contribution < -0.4 is 5.73 Å². The Labute approximate surface area is 104 Å². The first-order chi connectivity index (χ1) is 8.79. The fraction of sp³-hybridized carbons (Fsp3) is 0.167. The van der Waals surface area contributed by atoms with Gasteiger partial charge in [0.25, 0.3) is 0 Å². The Morgan fingerprint density at radius 2 is 2.00 bits per heavy atom. The molecule has 18 heavy (non-hydrogen) atoms. The topological polar surface area (TPSA) is 82.5 Å². The standard InChI is InChI=1S/C12H12N6/c1-2-10-16-11(13)9-7-15-18(12(9)17-10)8-3-5-14-6-4-8/h3-7H,2H2,1H3,(H2,13,16,17). The van der Waals surface area contributed by atoms with E-state index >= 15 is 0 Å². The molecule has 0 amide bonds. The maximum Gasteiger partial charge on any atom is 0.168 e. The quantitative estimate of drug-likeness (QED) is 0.731. The van der Waals surface area contributed by atoms with Crippen LogP contribution in [0.5, 0.6) is 0 Å². The van der Waals surface area contributed by atoms with Gasteiger partial charge in [0, 0.05) is 18.8 Å². The van der Waals surface area contributed by atoms with Gasteiger partial charge in [0.15, 0.2) is 5.65 Å². The van der Waals surface area contributed by atoms with Gasteiger partial charge in [0.05, 0.1) is 17.3 Å². The molecule has 0 bridgehead atoms. The molecule has 3 heterocycles. The zero-order valence-electron chi connectivity index (χ0n) is 9.91. The summed E-state index contributed by atoms with van der Waals surface area (Å²) in [5.41, 5.74) is 7.54. The fourth-order valence-corrected chi connectivity index (χ4v) is 1.81. The largest absolute Gasteiger partial charge is 0.383 e. The lowest BCUT2D eigenvalue weighted by Crippen LogP contribution is -2.03. The van der Waals surface area contributed by atoms with Gasteiger partial charge in [0.1, 0.15) is 11.6 Å². The summed E-state index contributed by atoms with van der Waals surface area (Å²) < 4.78 is 1.74. The Morgan fingerprint density at radius 3 is 2.72 bits per heavy atom. The van der Waals surface area contributed by atoms with Crippen LogP contribution in [0.1, 0.15) is 12.7 Å². The predicted molar refractivity (Wildman–Crippen MR) is 68.2 cm³/mol. The smallest absolute Gasteiger partial charge is 0.168 e. The first kappa shape index (κ1) is 10.6. The first-order valence-electron chi connectivity index (χ1n) is 5.70. The van der Waals surface area contributed by atoms with Crippen molar-refractivity contribution >= 4 is 16.9 Å². The first-order valence-corrected chi connectivity index (χ1v) is 5.70. The molecule has 6 nitrogen and oxygen atoms in total. The minimum atomic E-state index is 0.470. The number of aromatic nitrogens is 5. The second kappa shape index (κ2) is 4.06. The number of fused-ring (bicyclic) bond motifs is 1. The summed E-state index contributed by atoms with van der Waals surface area (Å²) in [5.74, 6) is 1.19. The summed E-state index contributed by atoms with van der Waals surface area (Å²) in [6.07, 6.45) is 5.86. The van der Waals surface area contributed by atoms with Crippen molar-refractivity contribution in [3.8, 4) is 5.69 Å². The Bertz CT molecular complexity index is 688. The number of hydrogen-bond acceptors (Lipinski definition) is 5. The zero-order chi connectivity index (χ0) is 12.5. The summed E-state index contributed by atoms with van der Waals surface area (Å²) in [6, 6.07) is 3.74. The molecule has 0 aliphatic heterocycles. The van der Waals surface area contributed by atoms with Crippen molar-refractivity contribution in [1.82, 2.24) is 24.7 Å². The lowest BCUT2D eigenvalue weighted by Gasteiger charge is -2.04. The number of anilines is 1. The Hall–Kier alpha value is -2.50. The lowest BCUT2D eigenvalue weighted by atomic mass is 10.3. The monoisotopic (exact) mass is 240 g/mol. The number of nitrogens with zero attached hydrogens (tertiary/aromatic N) is 5. The van der Waals surface area contributed by atoms with Crippen LogP contribution in [0, 0.1) is 0 Å². The van der Waals surface area contributed by atoms with Gasteiger partial charge in [-0.2, -0.15) is 5.10 Å². The molecule has 0 aromatic carbocycles. The van der Waals surface area contributed by atoms with Crippen molar-refractivity contribution in [3.05, 3.63) is 36.5 Å². The molecule has 3 aromatic rings. The fourth-order valence-electron chi connectivity index (χ4n) is 1.81. The van der Waals surface area contributed by atoms with E-state index in [9.17, 15) is 0 Å². The van der Waals surface area contributed by atoms with Crippen LogP contribution >= 0.6 is 0 Å². The van der Waals surface area contributed by atoms with E-state index < -0.39 is 0 Å². The molecule has 0 aliphatic carbocycles. The number of nitrogen functional groups attached to an aromatic ring is 1. The van der Waals surface area contributed by atoms with Crippen molar-refractivity contribution in [1.29, 1.82) is 0 Å². The van der Waals surface area contributed by atoms with Crippen molar-refractivity contribution in [3.63, 3.8) is 0 Å². The summed E-state index contributed by atoms with van der Waals surface area (Å²) in [7, 11) is 0. The van der Waals surface area contributed by atoms with Crippen LogP contribution in [0.25, 0.3) is 16.7 Å². The lowest BCUT2D eigenvalue weighted by molar-refractivity contribution is 0.876. The average molecular weight is 240 g/mol. The highest BCUT2D eigenvalue weighted by Gasteiger charge is 2.11. The van der Waals surface area contributed by atoms with E-state index in [1.165, 1.54) is 0 Å². The molecule has 90 valence electrons. The highest BCUT2D eigenvalue weighted by atomic mass is 15.3. The zero-order valence-corrected chi connectivity index (χ0v) is 9.91. The molecular weight excluding hydrogens is 228 g/mol. The molecule has 0 saturated carbocycles. The van der Waals surface area contributed by atoms with E-state index in [0.717, 1.165) is 29.0 Å². The third-order valence-electron chi connectivity index (χ3n) is 2.73. The van der Waals surface area contributed by atoms with Gasteiger partial charge in [-0.25, -0.2) is 14.6 Å². The predicted octanol–water partition coefficient (Wildman–Crippen LogP) is 1.36. The molecule has 3 aromatic heterocycles. The number of rotatable bonds is 2. The van der Waals surface area contributed by atoms with Crippen molar-refractivity contribution in [2.24, 2.45) is 0 Å². The maximum atomic E-state index is 5.91. The molecule has 0 radical (unpaired) electrons. The van der Waals surface area contributed by atoms with E-state index in [0.29, 0.717) is 5.82 Å². The molecular formula is C12H12N6. The normalized spacial score (nSPS) is 10.9. The third kappa shape index (κ3) is 1.58. The van der Waals surface area contributed by atoms with E-state index in [-0.39, 0.29) is 0 Å². The highest BCUT2D eigenvalue weighted by Crippen LogP contribution is 2.20. The Morgan fingerprint density at radius 1 is 1.22 bits per heavy atom. The van der Waals surface area contributed by atoms with E-state index in [4.69, 9.17) is 5.73 Å². The molecule has 0 aliphatic rings. The molecule has 0 unspecified atom stereocenters. The van der Waals surface area contributed by atoms with E-state index in [2.05, 4.69) is 20.1 Å². The van der Waals surface area contributed by atoms with E-state index in [1.807, 2.05) is 19.1 Å². The Balaban J connectivity index is 2.28. The van der Waals surface area contributed by atoms with Gasteiger partial charge in [-0.05, 0) is 12.1 Å². The van der Waals surface area contributed by atoms with Gasteiger partial charge in [0.2, 0.25) is 0 Å². The minimum absolute atomic E-state index is 0.470. The average Bonchev–Trinajstić information content (AvgIpc) is 2.84. The minimum Gasteiger partial charge on any atom is -0.383 e. The van der Waals surface area contributed by atoms with Gasteiger partial charge in [-0.1, -0.05) is 6.92 Å². The van der Waals surface area contributed by atoms with Crippen molar-refractivity contribution in [2.45, 2.75) is 13.3 Å². The maximum absolute atomic E-state index is 5.91. The Kier molecular flexibility index (Phi) is 2.40. The molecule has 2 N–H and O–H groups in total. The van der Waals surface area contributed by atoms with Gasteiger partial charge in [-0.15, -0.1) is 0 Å². The highest BCUT2D eigenvalue weighted by molar-refractivity contribution is 5.86. The third-order valence-corrected chi connectivity index (χ3v) is 2.73. The summed E-state index contributed by atoms with van der Waals surface area (Å²) in [5, 5.41) is 5.08. The molecule has 0 fully saturated rings. The summed E-state index contributed by atoms with van der Waals surface area (Å²) >= 11 is 0. The second-order valence-electron chi connectivity index (χ2n) is 3.88. The van der Waals surface area contributed by atoms with Crippen LogP contribution in [-0.4, -0.2) is 24.7 Å². The van der Waals surface area contributed by atoms with E-state index in [1.54, 1.807) is 23.3 Å². The SMILES string of the molecule is CCc1nc(N)c2cnn(-c3ccncc3)c2n1. The summed E-state index contributed by atoms with van der Waals surface area (Å²) in [6.45, 7) is 1.99. The number of nitrogens with two attached hydrogens (primary N) is 1. The van der Waals surface area contributed by atoms with Crippen LogP contribution in [0.2, 0.25) is 0 Å². The molecule has 6 heteroatoms. The number of hydrogen-bond donors (Lipinski definition) is 1. The number of aryl methyl sites for hydroxylation is 1. The molecule has 0 spiro atoms. The van der Waals surface area contributed by atoms with Gasteiger partial charge >= 0.3 is 0 Å². The second-order valence-corrected chi connectivity index (χ2v) is 3.88. The summed E-state index contributed by atoms with van der Waals surface area (Å²) in [4.78, 5) is 12.7. The van der Waals surface area contributed by atoms with Crippen molar-refractivity contribution < 1.29 is 0 Å². The van der Waals surface area contributed by atoms with Crippen molar-refractivity contribution in [2.75, 3.05) is 5.73 Å². The van der Waals surface area contributed by atoms with Gasteiger partial charge < -0.3 is 5.73 Å². The number of pyridine rings is 1. The molecule has 0 atom stereocenters. The van der Waals surface area contributed by atoms with Crippen LogP contribution in [0.4, 0.5) is 5.82 Å². The molecule has 3 rings (SSSR count). The van der Waals surface area contributed by atoms with Gasteiger partial charge in [-0.3, -0.25) is 4.98 Å².